The summed E-state index contributed by atoms with van der Waals surface area (Å²) < 4.78 is 5.29. The molecule has 2 aromatic rings. The van der Waals surface area contributed by atoms with Crippen LogP contribution in [0.15, 0.2) is 24.3 Å². The van der Waals surface area contributed by atoms with Crippen LogP contribution in [0.25, 0.3) is 10.8 Å². The Morgan fingerprint density at radius 1 is 1.13 bits per heavy atom. The normalized spacial score (nSPS) is 10.6. The molecule has 0 aliphatic heterocycles. The van der Waals surface area contributed by atoms with E-state index >= 15 is 0 Å². The van der Waals surface area contributed by atoms with Gasteiger partial charge in [-0.3, -0.25) is 0 Å². The van der Waals surface area contributed by atoms with E-state index in [1.807, 2.05) is 19.9 Å². The lowest BCUT2D eigenvalue weighted by atomic mass is 10.0. The Morgan fingerprint density at radius 2 is 1.87 bits per heavy atom. The van der Waals surface area contributed by atoms with Gasteiger partial charge in [-0.15, -0.1) is 0 Å². The fourth-order valence-corrected chi connectivity index (χ4v) is 1.99. The van der Waals surface area contributed by atoms with E-state index < -0.39 is 0 Å². The van der Waals surface area contributed by atoms with Crippen molar-refractivity contribution in [2.45, 2.75) is 13.8 Å². The van der Waals surface area contributed by atoms with Gasteiger partial charge in [-0.2, -0.15) is 0 Å². The van der Waals surface area contributed by atoms with Crippen molar-refractivity contribution in [3.63, 3.8) is 0 Å². The molecule has 0 heterocycles. The summed E-state index contributed by atoms with van der Waals surface area (Å²) >= 11 is 0. The molecule has 0 fully saturated rings. The molecule has 0 aromatic heterocycles. The lowest BCUT2D eigenvalue weighted by molar-refractivity contribution is 0.418. The average Bonchev–Trinajstić information content (AvgIpc) is 2.19. The van der Waals surface area contributed by atoms with E-state index in [0.29, 0.717) is 5.75 Å². The highest BCUT2D eigenvalue weighted by Crippen LogP contribution is 2.35. The van der Waals surface area contributed by atoms with Gasteiger partial charge in [-0.1, -0.05) is 11.6 Å². The first-order valence-electron chi connectivity index (χ1n) is 4.90. The van der Waals surface area contributed by atoms with Crippen molar-refractivity contribution in [1.29, 1.82) is 0 Å². The van der Waals surface area contributed by atoms with Crippen molar-refractivity contribution in [2.75, 3.05) is 7.11 Å². The first-order chi connectivity index (χ1) is 7.13. The third kappa shape index (κ3) is 1.52. The Labute approximate surface area is 89.1 Å². The van der Waals surface area contributed by atoms with Gasteiger partial charge in [-0.25, -0.2) is 0 Å². The van der Waals surface area contributed by atoms with E-state index in [-0.39, 0.29) is 0 Å². The van der Waals surface area contributed by atoms with E-state index in [9.17, 15) is 5.11 Å². The standard InChI is InChI=1S/C13H14O2/c1-8-6-9(2)13-10(7-8)11(14)4-5-12(13)15-3/h4-7,14H,1-3H3. The quantitative estimate of drug-likeness (QED) is 0.769. The van der Waals surface area contributed by atoms with E-state index in [4.69, 9.17) is 4.74 Å². The molecule has 2 nitrogen and oxygen atoms in total. The molecule has 0 radical (unpaired) electrons. The highest BCUT2D eigenvalue weighted by Gasteiger charge is 2.08. The number of aryl methyl sites for hydroxylation is 2. The van der Waals surface area contributed by atoms with Crippen LogP contribution in [-0.4, -0.2) is 12.2 Å². The molecular formula is C13H14O2. The number of phenolic OH excluding ortho intramolecular Hbond substituents is 1. The fourth-order valence-electron chi connectivity index (χ4n) is 1.99. The minimum atomic E-state index is 0.303. The van der Waals surface area contributed by atoms with Gasteiger partial charge in [0, 0.05) is 10.8 Å². The smallest absolute Gasteiger partial charge is 0.127 e. The Kier molecular flexibility index (Phi) is 2.27. The molecule has 0 aliphatic carbocycles. The molecule has 0 aliphatic rings. The molecule has 0 saturated carbocycles. The van der Waals surface area contributed by atoms with Crippen molar-refractivity contribution in [3.05, 3.63) is 35.4 Å². The SMILES string of the molecule is COc1ccc(O)c2cc(C)cc(C)c12. The number of ether oxygens (including phenoxy) is 1. The van der Waals surface area contributed by atoms with Gasteiger partial charge in [-0.05, 0) is 37.6 Å². The number of benzene rings is 2. The number of methoxy groups -OCH3 is 1. The molecule has 78 valence electrons. The maximum atomic E-state index is 9.78. The van der Waals surface area contributed by atoms with Gasteiger partial charge in [0.2, 0.25) is 0 Å². The Balaban J connectivity index is 2.93. The number of rotatable bonds is 1. The third-order valence-corrected chi connectivity index (χ3v) is 2.61. The van der Waals surface area contributed by atoms with E-state index in [1.54, 1.807) is 19.2 Å². The predicted molar refractivity (Wildman–Crippen MR) is 61.6 cm³/mol. The first kappa shape index (κ1) is 9.84. The zero-order valence-electron chi connectivity index (χ0n) is 9.16. The van der Waals surface area contributed by atoms with E-state index in [0.717, 1.165) is 27.6 Å². The zero-order valence-corrected chi connectivity index (χ0v) is 9.16. The molecule has 0 bridgehead atoms. The second kappa shape index (κ2) is 3.46. The molecule has 0 atom stereocenters. The summed E-state index contributed by atoms with van der Waals surface area (Å²) in [6.07, 6.45) is 0. The molecular weight excluding hydrogens is 188 g/mol. The van der Waals surface area contributed by atoms with Gasteiger partial charge in [0.05, 0.1) is 7.11 Å². The summed E-state index contributed by atoms with van der Waals surface area (Å²) in [4.78, 5) is 0. The maximum absolute atomic E-state index is 9.78. The molecule has 0 saturated heterocycles. The van der Waals surface area contributed by atoms with Crippen molar-refractivity contribution in [3.8, 4) is 11.5 Å². The summed E-state index contributed by atoms with van der Waals surface area (Å²) in [5.41, 5.74) is 2.27. The lowest BCUT2D eigenvalue weighted by Crippen LogP contribution is -1.89. The van der Waals surface area contributed by atoms with Crippen LogP contribution in [0.3, 0.4) is 0 Å². The number of fused-ring (bicyclic) bond motifs is 1. The van der Waals surface area contributed by atoms with E-state index in [1.165, 1.54) is 0 Å². The van der Waals surface area contributed by atoms with Gasteiger partial charge in [0.1, 0.15) is 11.5 Å². The van der Waals surface area contributed by atoms with Crippen LogP contribution in [-0.2, 0) is 0 Å². The fraction of sp³-hybridized carbons (Fsp3) is 0.231. The summed E-state index contributed by atoms with van der Waals surface area (Å²) in [5.74, 6) is 1.11. The molecule has 0 spiro atoms. The van der Waals surface area contributed by atoms with Crippen LogP contribution in [0, 0.1) is 13.8 Å². The number of aromatic hydroxyl groups is 1. The van der Waals surface area contributed by atoms with Gasteiger partial charge >= 0.3 is 0 Å². The number of hydrogen-bond donors (Lipinski definition) is 1. The van der Waals surface area contributed by atoms with Crippen molar-refractivity contribution >= 4 is 10.8 Å². The average molecular weight is 202 g/mol. The Bertz CT molecular complexity index is 515. The second-order valence-corrected chi connectivity index (χ2v) is 3.79. The topological polar surface area (TPSA) is 29.5 Å². The molecule has 0 unspecified atom stereocenters. The largest absolute Gasteiger partial charge is 0.507 e. The van der Waals surface area contributed by atoms with Crippen LogP contribution in [0.5, 0.6) is 11.5 Å². The highest BCUT2D eigenvalue weighted by atomic mass is 16.5. The van der Waals surface area contributed by atoms with Gasteiger partial charge in [0.25, 0.3) is 0 Å². The zero-order chi connectivity index (χ0) is 11.0. The van der Waals surface area contributed by atoms with Crippen LogP contribution >= 0.6 is 0 Å². The van der Waals surface area contributed by atoms with Crippen molar-refractivity contribution in [2.24, 2.45) is 0 Å². The van der Waals surface area contributed by atoms with Gasteiger partial charge < -0.3 is 9.84 Å². The predicted octanol–water partition coefficient (Wildman–Crippen LogP) is 3.17. The van der Waals surface area contributed by atoms with Crippen LogP contribution in [0.2, 0.25) is 0 Å². The molecule has 1 N–H and O–H groups in total. The minimum absolute atomic E-state index is 0.303. The molecule has 2 heteroatoms. The number of hydrogen-bond acceptors (Lipinski definition) is 2. The molecule has 15 heavy (non-hydrogen) atoms. The van der Waals surface area contributed by atoms with Crippen molar-refractivity contribution < 1.29 is 9.84 Å². The van der Waals surface area contributed by atoms with E-state index in [2.05, 4.69) is 6.07 Å². The second-order valence-electron chi connectivity index (χ2n) is 3.79. The molecule has 2 aromatic carbocycles. The summed E-state index contributed by atoms with van der Waals surface area (Å²) in [6.45, 7) is 4.04. The van der Waals surface area contributed by atoms with Crippen molar-refractivity contribution in [1.82, 2.24) is 0 Å². The van der Waals surface area contributed by atoms with Crippen LogP contribution < -0.4 is 4.74 Å². The maximum Gasteiger partial charge on any atom is 0.127 e. The molecule has 0 amide bonds. The Hall–Kier alpha value is -1.70. The van der Waals surface area contributed by atoms with Crippen LogP contribution in [0.4, 0.5) is 0 Å². The van der Waals surface area contributed by atoms with Crippen LogP contribution in [0.1, 0.15) is 11.1 Å². The highest BCUT2D eigenvalue weighted by molar-refractivity contribution is 5.96. The third-order valence-electron chi connectivity index (χ3n) is 2.61. The summed E-state index contributed by atoms with van der Waals surface area (Å²) in [5, 5.41) is 11.6. The summed E-state index contributed by atoms with van der Waals surface area (Å²) in [6, 6.07) is 7.52. The number of phenols is 1. The monoisotopic (exact) mass is 202 g/mol. The Morgan fingerprint density at radius 3 is 2.53 bits per heavy atom. The first-order valence-corrected chi connectivity index (χ1v) is 4.90. The lowest BCUT2D eigenvalue weighted by Gasteiger charge is -2.10. The summed E-state index contributed by atoms with van der Waals surface area (Å²) in [7, 11) is 1.64. The van der Waals surface area contributed by atoms with Gasteiger partial charge in [0.15, 0.2) is 0 Å². The molecule has 2 rings (SSSR count). The minimum Gasteiger partial charge on any atom is -0.507 e.